The number of benzene rings is 1. The zero-order valence-electron chi connectivity index (χ0n) is 17.9. The van der Waals surface area contributed by atoms with Crippen LogP contribution in [-0.4, -0.2) is 41.2 Å². The highest BCUT2D eigenvalue weighted by atomic mass is 16.5. The zero-order valence-corrected chi connectivity index (χ0v) is 17.9. The zero-order chi connectivity index (χ0) is 21.7. The van der Waals surface area contributed by atoms with E-state index < -0.39 is 0 Å². The van der Waals surface area contributed by atoms with Crippen molar-refractivity contribution in [1.82, 2.24) is 29.6 Å². The first-order valence-electron chi connectivity index (χ1n) is 9.80. The Labute approximate surface area is 174 Å². The minimum atomic E-state index is -0.321. The van der Waals surface area contributed by atoms with Crippen LogP contribution in [0.3, 0.4) is 0 Å². The van der Waals surface area contributed by atoms with Crippen LogP contribution in [0.25, 0.3) is 5.69 Å². The predicted octanol–water partition coefficient (Wildman–Crippen LogP) is 2.24. The van der Waals surface area contributed by atoms with Crippen LogP contribution >= 0.6 is 0 Å². The lowest BCUT2D eigenvalue weighted by Gasteiger charge is -2.13. The highest BCUT2D eigenvalue weighted by Gasteiger charge is 2.14. The topological polar surface area (TPSA) is 104 Å². The quantitative estimate of drug-likeness (QED) is 0.337. The summed E-state index contributed by atoms with van der Waals surface area (Å²) >= 11 is 0. The third kappa shape index (κ3) is 4.53. The molecule has 1 aromatic carbocycles. The second-order valence-electron chi connectivity index (χ2n) is 6.75. The van der Waals surface area contributed by atoms with Crippen LogP contribution in [0.15, 0.2) is 45.5 Å². The maximum absolute atomic E-state index is 12.3. The van der Waals surface area contributed by atoms with Crippen molar-refractivity contribution in [2.45, 2.75) is 47.3 Å². The summed E-state index contributed by atoms with van der Waals surface area (Å²) in [5.41, 5.74) is 3.61. The molecule has 10 heteroatoms. The lowest BCUT2D eigenvalue weighted by Crippen LogP contribution is -2.23. The van der Waals surface area contributed by atoms with Gasteiger partial charge >= 0.3 is 5.69 Å². The average molecular weight is 410 g/mol. The Morgan fingerprint density at radius 2 is 1.97 bits per heavy atom. The summed E-state index contributed by atoms with van der Waals surface area (Å²) in [4.78, 5) is 12.3. The largest absolute Gasteiger partial charge is 0.475 e. The van der Waals surface area contributed by atoms with E-state index in [0.717, 1.165) is 23.4 Å². The fourth-order valence-electron chi connectivity index (χ4n) is 2.81. The van der Waals surface area contributed by atoms with Gasteiger partial charge in [-0.3, -0.25) is 4.68 Å². The maximum atomic E-state index is 12.3. The molecule has 0 fully saturated rings. The van der Waals surface area contributed by atoms with Crippen molar-refractivity contribution in [3.05, 3.63) is 57.8 Å². The molecule has 0 spiro atoms. The van der Waals surface area contributed by atoms with E-state index in [9.17, 15) is 4.79 Å². The Kier molecular flexibility index (Phi) is 6.55. The van der Waals surface area contributed by atoms with Gasteiger partial charge in [-0.15, -0.1) is 5.10 Å². The molecule has 2 aromatic heterocycles. The molecule has 2 heterocycles. The molecule has 158 valence electrons. The summed E-state index contributed by atoms with van der Waals surface area (Å²) in [5.74, 6) is 0.491. The molecule has 0 bridgehead atoms. The van der Waals surface area contributed by atoms with Gasteiger partial charge in [-0.2, -0.15) is 19.6 Å². The molecule has 0 aliphatic rings. The SMILES string of the molecule is CC/C(=N\N=C(\C)c1ccn(CC)n1)OCc1c(C)cccc1-n1nnn(C)c1=O. The highest BCUT2D eigenvalue weighted by Crippen LogP contribution is 2.18. The Bertz CT molecular complexity index is 1140. The first-order valence-corrected chi connectivity index (χ1v) is 9.80. The van der Waals surface area contributed by atoms with Crippen molar-refractivity contribution < 1.29 is 4.74 Å². The Hall–Kier alpha value is -3.56. The number of hydrogen-bond acceptors (Lipinski definition) is 7. The number of tetrazole rings is 1. The van der Waals surface area contributed by atoms with E-state index in [4.69, 9.17) is 4.74 Å². The van der Waals surface area contributed by atoms with E-state index in [-0.39, 0.29) is 12.3 Å². The summed E-state index contributed by atoms with van der Waals surface area (Å²) in [6.45, 7) is 8.82. The summed E-state index contributed by atoms with van der Waals surface area (Å²) in [5, 5.41) is 20.7. The van der Waals surface area contributed by atoms with E-state index in [2.05, 4.69) is 25.7 Å². The van der Waals surface area contributed by atoms with Crippen LogP contribution in [0.5, 0.6) is 0 Å². The normalized spacial score (nSPS) is 12.4. The van der Waals surface area contributed by atoms with Gasteiger partial charge in [0.2, 0.25) is 5.90 Å². The molecule has 10 nitrogen and oxygen atoms in total. The molecule has 0 unspecified atom stereocenters. The fraction of sp³-hybridized carbons (Fsp3) is 0.400. The second-order valence-corrected chi connectivity index (χ2v) is 6.75. The third-order valence-corrected chi connectivity index (χ3v) is 4.67. The molecule has 0 radical (unpaired) electrons. The van der Waals surface area contributed by atoms with Crippen LogP contribution in [0, 0.1) is 6.92 Å². The van der Waals surface area contributed by atoms with Crippen molar-refractivity contribution in [2.75, 3.05) is 0 Å². The predicted molar refractivity (Wildman–Crippen MR) is 114 cm³/mol. The van der Waals surface area contributed by atoms with Gasteiger partial charge in [-0.25, -0.2) is 4.79 Å². The number of ether oxygens (including phenoxy) is 1. The molecule has 0 aliphatic carbocycles. The van der Waals surface area contributed by atoms with Crippen LogP contribution in [0.2, 0.25) is 0 Å². The summed E-state index contributed by atoms with van der Waals surface area (Å²) in [6.07, 6.45) is 2.48. The van der Waals surface area contributed by atoms with Gasteiger partial charge < -0.3 is 4.74 Å². The van der Waals surface area contributed by atoms with Crippen LogP contribution in [0.4, 0.5) is 0 Å². The van der Waals surface area contributed by atoms with Gasteiger partial charge in [-0.1, -0.05) is 19.1 Å². The number of hydrogen-bond donors (Lipinski definition) is 0. The number of aryl methyl sites for hydroxylation is 3. The van der Waals surface area contributed by atoms with Crippen LogP contribution < -0.4 is 5.69 Å². The average Bonchev–Trinajstić information content (AvgIpc) is 3.36. The first kappa shape index (κ1) is 21.2. The molecular formula is C20H26N8O2. The van der Waals surface area contributed by atoms with Gasteiger partial charge in [0.1, 0.15) is 12.3 Å². The molecule has 0 atom stereocenters. The van der Waals surface area contributed by atoms with E-state index >= 15 is 0 Å². The lowest BCUT2D eigenvalue weighted by molar-refractivity contribution is 0.282. The molecule has 3 aromatic rings. The van der Waals surface area contributed by atoms with Crippen molar-refractivity contribution in [2.24, 2.45) is 17.3 Å². The van der Waals surface area contributed by atoms with Crippen molar-refractivity contribution in [3.8, 4) is 5.69 Å². The number of rotatable bonds is 7. The minimum absolute atomic E-state index is 0.233. The molecule has 0 amide bonds. The molecule has 0 N–H and O–H groups in total. The summed E-state index contributed by atoms with van der Waals surface area (Å²) < 4.78 is 10.2. The van der Waals surface area contributed by atoms with E-state index in [0.29, 0.717) is 23.7 Å². The Morgan fingerprint density at radius 3 is 2.60 bits per heavy atom. The molecule has 30 heavy (non-hydrogen) atoms. The Balaban J connectivity index is 1.81. The summed E-state index contributed by atoms with van der Waals surface area (Å²) in [7, 11) is 1.56. The Morgan fingerprint density at radius 1 is 1.17 bits per heavy atom. The van der Waals surface area contributed by atoms with Crippen molar-refractivity contribution in [3.63, 3.8) is 0 Å². The monoisotopic (exact) mass is 410 g/mol. The molecule has 3 rings (SSSR count). The first-order chi connectivity index (χ1) is 14.4. The summed E-state index contributed by atoms with van der Waals surface area (Å²) in [6, 6.07) is 7.55. The smallest absolute Gasteiger partial charge is 0.368 e. The number of aromatic nitrogens is 6. The molecule has 0 aliphatic heterocycles. The van der Waals surface area contributed by atoms with Gasteiger partial charge in [0, 0.05) is 31.8 Å². The fourth-order valence-corrected chi connectivity index (χ4v) is 2.81. The van der Waals surface area contributed by atoms with E-state index in [1.165, 1.54) is 9.36 Å². The van der Waals surface area contributed by atoms with Gasteiger partial charge in [-0.05, 0) is 48.9 Å². The van der Waals surface area contributed by atoms with Gasteiger partial charge in [0.25, 0.3) is 0 Å². The maximum Gasteiger partial charge on any atom is 0.368 e. The molecule has 0 saturated heterocycles. The number of nitrogens with zero attached hydrogens (tertiary/aromatic N) is 8. The second kappa shape index (κ2) is 9.29. The molecular weight excluding hydrogens is 384 g/mol. The van der Waals surface area contributed by atoms with Crippen molar-refractivity contribution >= 4 is 11.6 Å². The third-order valence-electron chi connectivity index (χ3n) is 4.67. The minimum Gasteiger partial charge on any atom is -0.475 e. The van der Waals surface area contributed by atoms with Gasteiger partial charge in [0.05, 0.1) is 11.4 Å². The lowest BCUT2D eigenvalue weighted by atomic mass is 10.1. The molecule has 0 saturated carbocycles. The standard InChI is InChI=1S/C20H26N8O2/c1-6-19(22-21-15(4)17-11-12-27(7-2)23-17)30-13-16-14(3)9-8-10-18(16)28-20(29)26(5)24-25-28/h8-12H,6-7,13H2,1-5H3/b21-15-,22-19+. The van der Waals surface area contributed by atoms with Crippen molar-refractivity contribution in [1.29, 1.82) is 0 Å². The van der Waals surface area contributed by atoms with Crippen LogP contribution in [0.1, 0.15) is 44.0 Å². The van der Waals surface area contributed by atoms with E-state index in [1.807, 2.05) is 62.8 Å². The highest BCUT2D eigenvalue weighted by molar-refractivity contribution is 5.97. The van der Waals surface area contributed by atoms with E-state index in [1.54, 1.807) is 7.05 Å². The van der Waals surface area contributed by atoms with Crippen LogP contribution in [-0.2, 0) is 24.9 Å². The van der Waals surface area contributed by atoms with Gasteiger partial charge in [0.15, 0.2) is 0 Å².